The Bertz CT molecular complexity index is 633. The highest BCUT2D eigenvalue weighted by atomic mass is 19.1. The molecule has 5 heteroatoms. The first-order valence-corrected chi connectivity index (χ1v) is 7.21. The molecule has 2 N–H and O–H groups in total. The van der Waals surface area contributed by atoms with Crippen molar-refractivity contribution in [2.45, 2.75) is 19.1 Å². The van der Waals surface area contributed by atoms with Crippen molar-refractivity contribution in [3.8, 4) is 5.75 Å². The topological polar surface area (TPSA) is 50.4 Å². The quantitative estimate of drug-likeness (QED) is 0.912. The highest BCUT2D eigenvalue weighted by Crippen LogP contribution is 2.27. The third kappa shape index (κ3) is 3.55. The van der Waals surface area contributed by atoms with Crippen molar-refractivity contribution in [1.29, 1.82) is 0 Å². The van der Waals surface area contributed by atoms with Crippen LogP contribution in [0, 0.1) is 5.82 Å². The lowest BCUT2D eigenvalue weighted by molar-refractivity contribution is 0.214. The standard InChI is InChI=1S/C17H17FN2O2/c18-14-7-5-12(6-8-14)10-19-17(21)20-11-15-9-13-3-1-2-4-16(13)22-15/h1-8,15H,9-11H2,(H2,19,20,21). The molecule has 0 radical (unpaired) electrons. The number of ether oxygens (including phenoxy) is 1. The van der Waals surface area contributed by atoms with E-state index in [-0.39, 0.29) is 18.0 Å². The van der Waals surface area contributed by atoms with Crippen LogP contribution in [0.15, 0.2) is 48.5 Å². The molecule has 114 valence electrons. The first kappa shape index (κ1) is 14.4. The summed E-state index contributed by atoms with van der Waals surface area (Å²) in [4.78, 5) is 11.8. The van der Waals surface area contributed by atoms with Gasteiger partial charge in [-0.05, 0) is 29.3 Å². The maximum absolute atomic E-state index is 12.8. The van der Waals surface area contributed by atoms with E-state index in [4.69, 9.17) is 4.74 Å². The number of rotatable bonds is 4. The molecule has 0 aliphatic carbocycles. The van der Waals surface area contributed by atoms with Crippen molar-refractivity contribution in [1.82, 2.24) is 10.6 Å². The molecule has 0 bridgehead atoms. The lowest BCUT2D eigenvalue weighted by Gasteiger charge is -2.12. The van der Waals surface area contributed by atoms with Crippen LogP contribution < -0.4 is 15.4 Å². The normalized spacial score (nSPS) is 15.8. The average Bonchev–Trinajstić information content (AvgIpc) is 2.95. The minimum absolute atomic E-state index is 0.0334. The number of carbonyl (C=O) groups is 1. The summed E-state index contributed by atoms with van der Waals surface area (Å²) in [6, 6.07) is 13.7. The summed E-state index contributed by atoms with van der Waals surface area (Å²) < 4.78 is 18.5. The van der Waals surface area contributed by atoms with Crippen molar-refractivity contribution in [3.05, 3.63) is 65.5 Å². The molecule has 1 heterocycles. The molecule has 1 aliphatic rings. The number of carbonyl (C=O) groups excluding carboxylic acids is 1. The van der Waals surface area contributed by atoms with Gasteiger partial charge in [0.15, 0.2) is 0 Å². The molecule has 2 aromatic rings. The fourth-order valence-corrected chi connectivity index (χ4v) is 2.42. The van der Waals surface area contributed by atoms with Crippen molar-refractivity contribution < 1.29 is 13.9 Å². The predicted molar refractivity (Wildman–Crippen MR) is 81.2 cm³/mol. The van der Waals surface area contributed by atoms with Gasteiger partial charge in [0.25, 0.3) is 0 Å². The van der Waals surface area contributed by atoms with Gasteiger partial charge in [-0.3, -0.25) is 0 Å². The van der Waals surface area contributed by atoms with Gasteiger partial charge in [-0.25, -0.2) is 9.18 Å². The highest BCUT2D eigenvalue weighted by Gasteiger charge is 2.22. The van der Waals surface area contributed by atoms with Crippen LogP contribution in [0.2, 0.25) is 0 Å². The van der Waals surface area contributed by atoms with E-state index in [0.29, 0.717) is 13.1 Å². The Morgan fingerprint density at radius 1 is 1.14 bits per heavy atom. The largest absolute Gasteiger partial charge is 0.488 e. The van der Waals surface area contributed by atoms with E-state index in [1.54, 1.807) is 12.1 Å². The molecule has 1 aliphatic heterocycles. The number of fused-ring (bicyclic) bond motifs is 1. The molecule has 3 rings (SSSR count). The lowest BCUT2D eigenvalue weighted by atomic mass is 10.1. The summed E-state index contributed by atoms with van der Waals surface area (Å²) in [7, 11) is 0. The first-order valence-electron chi connectivity index (χ1n) is 7.21. The average molecular weight is 300 g/mol. The van der Waals surface area contributed by atoms with Crippen molar-refractivity contribution in [2.24, 2.45) is 0 Å². The number of para-hydroxylation sites is 1. The second-order valence-corrected chi connectivity index (χ2v) is 5.24. The maximum Gasteiger partial charge on any atom is 0.315 e. The summed E-state index contributed by atoms with van der Waals surface area (Å²) in [5.41, 5.74) is 2.02. The zero-order valence-electron chi connectivity index (χ0n) is 12.0. The summed E-state index contributed by atoms with van der Waals surface area (Å²) in [6.07, 6.45) is 0.767. The molecular formula is C17H17FN2O2. The van der Waals surface area contributed by atoms with Gasteiger partial charge in [-0.1, -0.05) is 30.3 Å². The minimum Gasteiger partial charge on any atom is -0.488 e. The Morgan fingerprint density at radius 3 is 2.68 bits per heavy atom. The molecule has 0 saturated heterocycles. The number of halogens is 1. The second kappa shape index (κ2) is 6.47. The molecule has 2 amide bonds. The zero-order chi connectivity index (χ0) is 15.4. The van der Waals surface area contributed by atoms with Crippen LogP contribution in [0.3, 0.4) is 0 Å². The Morgan fingerprint density at radius 2 is 1.91 bits per heavy atom. The summed E-state index contributed by atoms with van der Waals surface area (Å²) in [5.74, 6) is 0.604. The van der Waals surface area contributed by atoms with Gasteiger partial charge >= 0.3 is 6.03 Å². The number of hydrogen-bond acceptors (Lipinski definition) is 2. The van der Waals surface area contributed by atoms with Crippen LogP contribution in [-0.2, 0) is 13.0 Å². The van der Waals surface area contributed by atoms with Gasteiger partial charge < -0.3 is 15.4 Å². The Hall–Kier alpha value is -2.56. The van der Waals surface area contributed by atoms with Gasteiger partial charge in [0, 0.05) is 13.0 Å². The maximum atomic E-state index is 12.8. The fraction of sp³-hybridized carbons (Fsp3) is 0.235. The number of nitrogens with one attached hydrogen (secondary N) is 2. The zero-order valence-corrected chi connectivity index (χ0v) is 12.0. The molecular weight excluding hydrogens is 283 g/mol. The smallest absolute Gasteiger partial charge is 0.315 e. The fourth-order valence-electron chi connectivity index (χ4n) is 2.42. The number of urea groups is 1. The third-order valence-electron chi connectivity index (χ3n) is 3.57. The SMILES string of the molecule is O=C(NCc1ccc(F)cc1)NCC1Cc2ccccc2O1. The molecule has 0 saturated carbocycles. The molecule has 1 atom stereocenters. The van der Waals surface area contributed by atoms with Crippen LogP contribution >= 0.6 is 0 Å². The van der Waals surface area contributed by atoms with Gasteiger partial charge in [-0.15, -0.1) is 0 Å². The van der Waals surface area contributed by atoms with Crippen LogP contribution in [0.4, 0.5) is 9.18 Å². The van der Waals surface area contributed by atoms with Crippen LogP contribution in [-0.4, -0.2) is 18.7 Å². The van der Waals surface area contributed by atoms with E-state index in [9.17, 15) is 9.18 Å². The van der Waals surface area contributed by atoms with Crippen molar-refractivity contribution in [2.75, 3.05) is 6.54 Å². The molecule has 0 aromatic heterocycles. The van der Waals surface area contributed by atoms with E-state index >= 15 is 0 Å². The Balaban J connectivity index is 1.41. The van der Waals surface area contributed by atoms with E-state index in [1.807, 2.05) is 24.3 Å². The van der Waals surface area contributed by atoms with Gasteiger partial charge in [0.1, 0.15) is 17.7 Å². The predicted octanol–water partition coefficient (Wildman–Crippen LogP) is 2.63. The summed E-state index contributed by atoms with van der Waals surface area (Å²) in [5, 5.41) is 5.53. The summed E-state index contributed by atoms with van der Waals surface area (Å²) >= 11 is 0. The third-order valence-corrected chi connectivity index (χ3v) is 3.57. The van der Waals surface area contributed by atoms with Gasteiger partial charge in [-0.2, -0.15) is 0 Å². The van der Waals surface area contributed by atoms with Gasteiger partial charge in [0.05, 0.1) is 6.54 Å². The number of amides is 2. The van der Waals surface area contributed by atoms with E-state index < -0.39 is 0 Å². The van der Waals surface area contributed by atoms with Gasteiger partial charge in [0.2, 0.25) is 0 Å². The number of benzene rings is 2. The molecule has 2 aromatic carbocycles. The number of hydrogen-bond donors (Lipinski definition) is 2. The Labute approximate surface area is 128 Å². The molecule has 0 fully saturated rings. The van der Waals surface area contributed by atoms with E-state index in [1.165, 1.54) is 17.7 Å². The second-order valence-electron chi connectivity index (χ2n) is 5.24. The highest BCUT2D eigenvalue weighted by molar-refractivity contribution is 5.73. The minimum atomic E-state index is -0.286. The van der Waals surface area contributed by atoms with Crippen molar-refractivity contribution >= 4 is 6.03 Å². The molecule has 0 spiro atoms. The summed E-state index contributed by atoms with van der Waals surface area (Å²) in [6.45, 7) is 0.807. The first-order chi connectivity index (χ1) is 10.7. The Kier molecular flexibility index (Phi) is 4.23. The van der Waals surface area contributed by atoms with Crippen LogP contribution in [0.1, 0.15) is 11.1 Å². The molecule has 4 nitrogen and oxygen atoms in total. The molecule has 22 heavy (non-hydrogen) atoms. The monoisotopic (exact) mass is 300 g/mol. The van der Waals surface area contributed by atoms with E-state index in [2.05, 4.69) is 10.6 Å². The lowest BCUT2D eigenvalue weighted by Crippen LogP contribution is -2.40. The van der Waals surface area contributed by atoms with Crippen LogP contribution in [0.25, 0.3) is 0 Å². The molecule has 1 unspecified atom stereocenters. The van der Waals surface area contributed by atoms with E-state index in [0.717, 1.165) is 17.7 Å². The van der Waals surface area contributed by atoms with Crippen molar-refractivity contribution in [3.63, 3.8) is 0 Å². The van der Waals surface area contributed by atoms with Crippen LogP contribution in [0.5, 0.6) is 5.75 Å².